The van der Waals surface area contributed by atoms with Gasteiger partial charge < -0.3 is 9.52 Å². The molecule has 2 heterocycles. The van der Waals surface area contributed by atoms with Gasteiger partial charge in [-0.15, -0.1) is 0 Å². The molecule has 1 aromatic carbocycles. The summed E-state index contributed by atoms with van der Waals surface area (Å²) in [6.45, 7) is 3.72. The van der Waals surface area contributed by atoms with Gasteiger partial charge in [0, 0.05) is 24.2 Å². The van der Waals surface area contributed by atoms with Gasteiger partial charge in [0.25, 0.3) is 0 Å². The van der Waals surface area contributed by atoms with Gasteiger partial charge in [0.15, 0.2) is 5.76 Å². The average molecular weight is 332 g/mol. The van der Waals surface area contributed by atoms with E-state index in [4.69, 9.17) is 16.0 Å². The van der Waals surface area contributed by atoms with E-state index in [1.165, 1.54) is 17.2 Å². The summed E-state index contributed by atoms with van der Waals surface area (Å²) in [4.78, 5) is 13.8. The third kappa shape index (κ3) is 3.66. The molecule has 3 rings (SSSR count). The zero-order valence-electron chi connectivity index (χ0n) is 12.9. The van der Waals surface area contributed by atoms with Crippen molar-refractivity contribution < 1.29 is 9.52 Å². The summed E-state index contributed by atoms with van der Waals surface area (Å²) in [7, 11) is 0. The average Bonchev–Trinajstić information content (AvgIpc) is 2.54. The summed E-state index contributed by atoms with van der Waals surface area (Å²) in [6, 6.07) is 9.13. The Morgan fingerprint density at radius 3 is 2.70 bits per heavy atom. The Kier molecular flexibility index (Phi) is 4.55. The van der Waals surface area contributed by atoms with Crippen molar-refractivity contribution in [2.45, 2.75) is 19.9 Å². The van der Waals surface area contributed by atoms with Gasteiger partial charge >= 0.3 is 0 Å². The zero-order chi connectivity index (χ0) is 16.4. The van der Waals surface area contributed by atoms with Crippen LogP contribution in [0.4, 0.5) is 0 Å². The van der Waals surface area contributed by atoms with E-state index in [1.807, 2.05) is 24.3 Å². The quantitative estimate of drug-likeness (QED) is 0.933. The van der Waals surface area contributed by atoms with Gasteiger partial charge in [0.2, 0.25) is 11.2 Å². The fourth-order valence-corrected chi connectivity index (χ4v) is 2.88. The predicted molar refractivity (Wildman–Crippen MR) is 90.7 cm³/mol. The Bertz CT molecular complexity index is 793. The van der Waals surface area contributed by atoms with E-state index in [1.54, 1.807) is 6.92 Å². The van der Waals surface area contributed by atoms with E-state index in [2.05, 4.69) is 11.0 Å². The highest BCUT2D eigenvalue weighted by molar-refractivity contribution is 6.30. The Hall–Kier alpha value is -2.04. The van der Waals surface area contributed by atoms with E-state index in [0.717, 1.165) is 24.5 Å². The van der Waals surface area contributed by atoms with Gasteiger partial charge in [0.05, 0.1) is 6.54 Å². The maximum Gasteiger partial charge on any atom is 0.227 e. The van der Waals surface area contributed by atoms with Crippen molar-refractivity contribution in [2.24, 2.45) is 0 Å². The summed E-state index contributed by atoms with van der Waals surface area (Å²) in [5, 5.41) is 10.6. The molecule has 4 nitrogen and oxygen atoms in total. The molecule has 2 aromatic rings. The van der Waals surface area contributed by atoms with Crippen LogP contribution in [0.2, 0.25) is 5.02 Å². The molecule has 0 aliphatic carbocycles. The van der Waals surface area contributed by atoms with Crippen LogP contribution < -0.4 is 5.43 Å². The van der Waals surface area contributed by atoms with Crippen LogP contribution in [0.1, 0.15) is 23.5 Å². The lowest BCUT2D eigenvalue weighted by Gasteiger charge is -2.26. The normalized spacial score (nSPS) is 15.5. The van der Waals surface area contributed by atoms with Crippen molar-refractivity contribution in [1.82, 2.24) is 4.90 Å². The third-order valence-corrected chi connectivity index (χ3v) is 4.24. The maximum atomic E-state index is 11.6. The number of nitrogens with zero attached hydrogens (tertiary/aromatic N) is 1. The Morgan fingerprint density at radius 2 is 2.04 bits per heavy atom. The fourth-order valence-electron chi connectivity index (χ4n) is 2.75. The van der Waals surface area contributed by atoms with E-state index < -0.39 is 5.43 Å². The first-order chi connectivity index (χ1) is 11.0. The molecular formula is C18H18ClNO3. The fraction of sp³-hybridized carbons (Fsp3) is 0.278. The minimum Gasteiger partial charge on any atom is -0.502 e. The molecule has 0 radical (unpaired) electrons. The second-order valence-electron chi connectivity index (χ2n) is 5.71. The number of benzene rings is 1. The van der Waals surface area contributed by atoms with Gasteiger partial charge in [-0.1, -0.05) is 29.8 Å². The molecule has 0 spiro atoms. The highest BCUT2D eigenvalue weighted by Gasteiger charge is 2.17. The van der Waals surface area contributed by atoms with Crippen LogP contribution in [0.5, 0.6) is 5.75 Å². The van der Waals surface area contributed by atoms with Gasteiger partial charge in [-0.3, -0.25) is 9.69 Å². The van der Waals surface area contributed by atoms with Crippen molar-refractivity contribution >= 4 is 17.2 Å². The molecule has 0 atom stereocenters. The maximum absolute atomic E-state index is 11.6. The van der Waals surface area contributed by atoms with Gasteiger partial charge in [-0.2, -0.15) is 0 Å². The largest absolute Gasteiger partial charge is 0.502 e. The zero-order valence-corrected chi connectivity index (χ0v) is 13.6. The van der Waals surface area contributed by atoms with Crippen LogP contribution in [0, 0.1) is 6.92 Å². The number of aromatic hydroxyl groups is 1. The van der Waals surface area contributed by atoms with E-state index in [9.17, 15) is 9.90 Å². The van der Waals surface area contributed by atoms with Crippen LogP contribution in [0.15, 0.2) is 45.6 Å². The molecule has 5 heteroatoms. The predicted octanol–water partition coefficient (Wildman–Crippen LogP) is 3.60. The van der Waals surface area contributed by atoms with E-state index in [0.29, 0.717) is 18.1 Å². The lowest BCUT2D eigenvalue weighted by molar-refractivity contribution is 0.251. The second kappa shape index (κ2) is 6.60. The molecular weight excluding hydrogens is 314 g/mol. The standard InChI is InChI=1S/C18H18ClNO3/c1-12-10-16(21)18(22)17(23-12)11-20-8-6-14(7-9-20)13-2-4-15(19)5-3-13/h2-6,10,22H,7-9,11H2,1H3. The SMILES string of the molecule is Cc1cc(=O)c(O)c(CN2CC=C(c3ccc(Cl)cc3)CC2)o1. The molecule has 0 unspecified atom stereocenters. The molecule has 0 bridgehead atoms. The molecule has 0 amide bonds. The van der Waals surface area contributed by atoms with Crippen LogP contribution in [-0.2, 0) is 6.54 Å². The van der Waals surface area contributed by atoms with Crippen molar-refractivity contribution in [2.75, 3.05) is 13.1 Å². The van der Waals surface area contributed by atoms with Crippen molar-refractivity contribution in [3.05, 3.63) is 68.7 Å². The lowest BCUT2D eigenvalue weighted by Crippen LogP contribution is -2.28. The highest BCUT2D eigenvalue weighted by atomic mass is 35.5. The molecule has 0 fully saturated rings. The summed E-state index contributed by atoms with van der Waals surface area (Å²) < 4.78 is 5.49. The molecule has 0 saturated carbocycles. The molecule has 1 N–H and O–H groups in total. The number of hydrogen-bond donors (Lipinski definition) is 1. The van der Waals surface area contributed by atoms with Crippen LogP contribution >= 0.6 is 11.6 Å². The minimum absolute atomic E-state index is 0.289. The van der Waals surface area contributed by atoms with Crippen molar-refractivity contribution in [3.63, 3.8) is 0 Å². The second-order valence-corrected chi connectivity index (χ2v) is 6.15. The molecule has 120 valence electrons. The van der Waals surface area contributed by atoms with Crippen LogP contribution in [-0.4, -0.2) is 23.1 Å². The first-order valence-corrected chi connectivity index (χ1v) is 7.90. The highest BCUT2D eigenvalue weighted by Crippen LogP contribution is 2.25. The van der Waals surface area contributed by atoms with E-state index >= 15 is 0 Å². The van der Waals surface area contributed by atoms with Crippen molar-refractivity contribution in [1.29, 1.82) is 0 Å². The minimum atomic E-state index is -0.391. The molecule has 23 heavy (non-hydrogen) atoms. The van der Waals surface area contributed by atoms with Gasteiger partial charge in [-0.25, -0.2) is 0 Å². The summed E-state index contributed by atoms with van der Waals surface area (Å²) in [5.41, 5.74) is 2.07. The molecule has 0 saturated heterocycles. The van der Waals surface area contributed by atoms with Crippen LogP contribution in [0.25, 0.3) is 5.57 Å². The van der Waals surface area contributed by atoms with Gasteiger partial charge in [0.1, 0.15) is 5.76 Å². The monoisotopic (exact) mass is 331 g/mol. The number of hydrogen-bond acceptors (Lipinski definition) is 4. The number of aryl methyl sites for hydroxylation is 1. The topological polar surface area (TPSA) is 53.7 Å². The van der Waals surface area contributed by atoms with Gasteiger partial charge in [-0.05, 0) is 36.6 Å². The smallest absolute Gasteiger partial charge is 0.227 e. The summed E-state index contributed by atoms with van der Waals surface area (Å²) in [5.74, 6) is 0.554. The molecule has 1 aromatic heterocycles. The lowest BCUT2D eigenvalue weighted by atomic mass is 9.99. The van der Waals surface area contributed by atoms with E-state index in [-0.39, 0.29) is 5.75 Å². The van der Waals surface area contributed by atoms with Crippen molar-refractivity contribution in [3.8, 4) is 5.75 Å². The first-order valence-electron chi connectivity index (χ1n) is 7.53. The number of halogens is 1. The Balaban J connectivity index is 1.72. The molecule has 1 aliphatic heterocycles. The molecule has 1 aliphatic rings. The third-order valence-electron chi connectivity index (χ3n) is 3.99. The summed E-state index contributed by atoms with van der Waals surface area (Å²) in [6.07, 6.45) is 3.07. The Labute approximate surface area is 139 Å². The summed E-state index contributed by atoms with van der Waals surface area (Å²) >= 11 is 5.92. The Morgan fingerprint density at radius 1 is 1.30 bits per heavy atom. The number of rotatable bonds is 3. The first kappa shape index (κ1) is 15.8. The van der Waals surface area contributed by atoms with Crippen LogP contribution in [0.3, 0.4) is 0 Å².